The summed E-state index contributed by atoms with van der Waals surface area (Å²) >= 11 is 0. The quantitative estimate of drug-likeness (QED) is 0.305. The van der Waals surface area contributed by atoms with Gasteiger partial charge in [0.2, 0.25) is 0 Å². The van der Waals surface area contributed by atoms with Gasteiger partial charge < -0.3 is 14.4 Å². The Kier molecular flexibility index (Phi) is 5.68. The van der Waals surface area contributed by atoms with Crippen molar-refractivity contribution in [1.82, 2.24) is 14.5 Å². The molecule has 0 aliphatic carbocycles. The van der Waals surface area contributed by atoms with Gasteiger partial charge in [0.15, 0.2) is 5.65 Å². The van der Waals surface area contributed by atoms with E-state index in [-0.39, 0.29) is 0 Å². The number of fused-ring (bicyclic) bond motifs is 1. The molecule has 180 valence electrons. The lowest BCUT2D eigenvalue weighted by Gasteiger charge is -2.37. The minimum Gasteiger partial charge on any atom is -0.368 e. The Morgan fingerprint density at radius 3 is 2.22 bits per heavy atom. The van der Waals surface area contributed by atoms with Gasteiger partial charge in [0.05, 0.1) is 5.39 Å². The van der Waals surface area contributed by atoms with E-state index in [1.807, 2.05) is 0 Å². The fourth-order valence-electron chi connectivity index (χ4n) is 5.32. The molecular weight excluding hydrogens is 442 g/mol. The highest BCUT2D eigenvalue weighted by Gasteiger charge is 2.24. The summed E-state index contributed by atoms with van der Waals surface area (Å²) in [5.41, 5.74) is 9.62. The van der Waals surface area contributed by atoms with E-state index < -0.39 is 0 Å². The van der Waals surface area contributed by atoms with Crippen molar-refractivity contribution in [1.29, 1.82) is 0 Å². The number of hydrogen-bond donors (Lipinski definition) is 0. The molecule has 36 heavy (non-hydrogen) atoms. The second-order valence-corrected chi connectivity index (χ2v) is 9.78. The number of benzene rings is 3. The van der Waals surface area contributed by atoms with E-state index in [9.17, 15) is 0 Å². The third-order valence-corrected chi connectivity index (χ3v) is 7.21. The van der Waals surface area contributed by atoms with Crippen LogP contribution >= 0.6 is 0 Å². The molecule has 0 N–H and O–H groups in total. The Morgan fingerprint density at radius 2 is 1.44 bits per heavy atom. The molecule has 0 bridgehead atoms. The first-order valence-corrected chi connectivity index (χ1v) is 12.6. The number of nitrogens with zero attached hydrogens (tertiary/aromatic N) is 5. The number of rotatable bonds is 4. The number of piperazine rings is 1. The van der Waals surface area contributed by atoms with Crippen LogP contribution in [0.4, 0.5) is 11.5 Å². The lowest BCUT2D eigenvalue weighted by Crippen LogP contribution is -2.47. The van der Waals surface area contributed by atoms with Crippen LogP contribution in [0, 0.1) is 20.8 Å². The SMILES string of the molecule is Cc1cccc(-n2cc(-c3ccccc3)c3c(N4CCN(c5cc(C)ccc5C)CC4)ncnc32)c1. The lowest BCUT2D eigenvalue weighted by molar-refractivity contribution is 0.647. The molecule has 6 rings (SSSR count). The molecule has 3 heterocycles. The first kappa shape index (κ1) is 22.4. The van der Waals surface area contributed by atoms with E-state index in [4.69, 9.17) is 9.97 Å². The third-order valence-electron chi connectivity index (χ3n) is 7.21. The highest BCUT2D eigenvalue weighted by Crippen LogP contribution is 2.37. The number of anilines is 2. The summed E-state index contributed by atoms with van der Waals surface area (Å²) in [6, 6.07) is 25.9. The molecule has 0 unspecified atom stereocenters. The lowest BCUT2D eigenvalue weighted by atomic mass is 10.1. The second kappa shape index (κ2) is 9.15. The van der Waals surface area contributed by atoms with Gasteiger partial charge >= 0.3 is 0 Å². The summed E-state index contributed by atoms with van der Waals surface area (Å²) in [5.74, 6) is 1.02. The van der Waals surface area contributed by atoms with Crippen LogP contribution in [0.1, 0.15) is 16.7 Å². The zero-order chi connectivity index (χ0) is 24.6. The van der Waals surface area contributed by atoms with Crippen LogP contribution in [0.25, 0.3) is 27.8 Å². The van der Waals surface area contributed by atoms with Gasteiger partial charge in [-0.3, -0.25) is 0 Å². The summed E-state index contributed by atoms with van der Waals surface area (Å²) in [6.45, 7) is 10.3. The molecular formula is C31H31N5. The fraction of sp³-hybridized carbons (Fsp3) is 0.226. The summed E-state index contributed by atoms with van der Waals surface area (Å²) in [7, 11) is 0. The smallest absolute Gasteiger partial charge is 0.150 e. The van der Waals surface area contributed by atoms with Crippen molar-refractivity contribution >= 4 is 22.5 Å². The van der Waals surface area contributed by atoms with Crippen molar-refractivity contribution in [2.75, 3.05) is 36.0 Å². The van der Waals surface area contributed by atoms with Gasteiger partial charge in [-0.2, -0.15) is 0 Å². The number of aromatic nitrogens is 3. The van der Waals surface area contributed by atoms with Gasteiger partial charge in [0.1, 0.15) is 12.1 Å². The van der Waals surface area contributed by atoms with Gasteiger partial charge in [-0.15, -0.1) is 0 Å². The van der Waals surface area contributed by atoms with Crippen LogP contribution < -0.4 is 9.80 Å². The van der Waals surface area contributed by atoms with Crippen molar-refractivity contribution in [2.45, 2.75) is 20.8 Å². The standard InChI is InChI=1S/C31H31N5/c1-22-8-7-11-26(18-22)36-20-27(25-9-5-4-6-10-25)29-30(32-21-33-31(29)36)35-16-14-34(15-17-35)28-19-23(2)12-13-24(28)3/h4-13,18-21H,14-17H2,1-3H3. The topological polar surface area (TPSA) is 37.2 Å². The van der Waals surface area contributed by atoms with Crippen molar-refractivity contribution in [2.24, 2.45) is 0 Å². The molecule has 1 saturated heterocycles. The predicted molar refractivity (Wildman–Crippen MR) is 149 cm³/mol. The van der Waals surface area contributed by atoms with Crippen LogP contribution in [0.5, 0.6) is 0 Å². The van der Waals surface area contributed by atoms with Crippen LogP contribution in [-0.4, -0.2) is 40.7 Å². The van der Waals surface area contributed by atoms with E-state index in [2.05, 4.69) is 114 Å². The van der Waals surface area contributed by atoms with Crippen molar-refractivity contribution < 1.29 is 0 Å². The van der Waals surface area contributed by atoms with E-state index in [1.54, 1.807) is 6.33 Å². The summed E-state index contributed by atoms with van der Waals surface area (Å²) < 4.78 is 2.21. The van der Waals surface area contributed by atoms with Crippen LogP contribution in [0.3, 0.4) is 0 Å². The predicted octanol–water partition coefficient (Wildman–Crippen LogP) is 6.34. The Balaban J connectivity index is 1.42. The first-order chi connectivity index (χ1) is 17.6. The summed E-state index contributed by atoms with van der Waals surface area (Å²) in [5, 5.41) is 1.12. The molecule has 1 aliphatic rings. The molecule has 0 spiro atoms. The van der Waals surface area contributed by atoms with Crippen LogP contribution in [0.15, 0.2) is 85.3 Å². The molecule has 5 nitrogen and oxygen atoms in total. The van der Waals surface area contributed by atoms with Gasteiger partial charge in [0, 0.05) is 49.3 Å². The minimum atomic E-state index is 0.920. The minimum absolute atomic E-state index is 0.920. The van der Waals surface area contributed by atoms with Gasteiger partial charge in [-0.25, -0.2) is 9.97 Å². The molecule has 1 aliphatic heterocycles. The molecule has 0 saturated carbocycles. The van der Waals surface area contributed by atoms with Gasteiger partial charge in [-0.1, -0.05) is 54.6 Å². The number of hydrogen-bond acceptors (Lipinski definition) is 4. The highest BCUT2D eigenvalue weighted by atomic mass is 15.3. The fourth-order valence-corrected chi connectivity index (χ4v) is 5.32. The Bertz CT molecular complexity index is 1530. The van der Waals surface area contributed by atoms with Crippen molar-refractivity contribution in [3.63, 3.8) is 0 Å². The van der Waals surface area contributed by atoms with E-state index in [1.165, 1.54) is 33.5 Å². The molecule has 5 aromatic rings. The molecule has 5 heteroatoms. The largest absolute Gasteiger partial charge is 0.368 e. The van der Waals surface area contributed by atoms with Crippen molar-refractivity contribution in [3.8, 4) is 16.8 Å². The Morgan fingerprint density at radius 1 is 0.694 bits per heavy atom. The van der Waals surface area contributed by atoms with Crippen LogP contribution in [-0.2, 0) is 0 Å². The van der Waals surface area contributed by atoms with E-state index in [0.717, 1.165) is 48.7 Å². The van der Waals surface area contributed by atoms with E-state index in [0.29, 0.717) is 0 Å². The maximum atomic E-state index is 4.85. The van der Waals surface area contributed by atoms with Crippen molar-refractivity contribution in [3.05, 3.63) is 102 Å². The molecule has 2 aromatic heterocycles. The zero-order valence-corrected chi connectivity index (χ0v) is 21.1. The summed E-state index contributed by atoms with van der Waals surface area (Å²) in [6.07, 6.45) is 3.94. The maximum absolute atomic E-state index is 4.85. The average molecular weight is 474 g/mol. The van der Waals surface area contributed by atoms with E-state index >= 15 is 0 Å². The van der Waals surface area contributed by atoms with Gasteiger partial charge in [0.25, 0.3) is 0 Å². The first-order valence-electron chi connectivity index (χ1n) is 12.6. The average Bonchev–Trinajstić information content (AvgIpc) is 3.31. The normalized spacial score (nSPS) is 14.0. The Hall–Kier alpha value is -4.12. The zero-order valence-electron chi connectivity index (χ0n) is 21.1. The highest BCUT2D eigenvalue weighted by molar-refractivity contribution is 6.02. The molecule has 0 amide bonds. The molecule has 3 aromatic carbocycles. The second-order valence-electron chi connectivity index (χ2n) is 9.78. The van der Waals surface area contributed by atoms with Gasteiger partial charge in [-0.05, 0) is 61.2 Å². The molecule has 0 atom stereocenters. The summed E-state index contributed by atoms with van der Waals surface area (Å²) in [4.78, 5) is 14.6. The molecule has 0 radical (unpaired) electrons. The number of aryl methyl sites for hydroxylation is 3. The Labute approximate surface area is 212 Å². The maximum Gasteiger partial charge on any atom is 0.150 e. The molecule has 1 fully saturated rings. The van der Waals surface area contributed by atoms with Crippen LogP contribution in [0.2, 0.25) is 0 Å². The monoisotopic (exact) mass is 473 g/mol. The third kappa shape index (κ3) is 4.01.